The van der Waals surface area contributed by atoms with Gasteiger partial charge in [0.15, 0.2) is 5.96 Å². The Labute approximate surface area is 163 Å². The fourth-order valence-electron chi connectivity index (χ4n) is 4.16. The zero-order valence-electron chi connectivity index (χ0n) is 17.4. The number of piperidine rings is 1. The van der Waals surface area contributed by atoms with Gasteiger partial charge in [0, 0.05) is 37.9 Å². The number of benzene rings is 1. The molecule has 1 aromatic heterocycles. The summed E-state index contributed by atoms with van der Waals surface area (Å²) in [4.78, 5) is 7.38. The second-order valence-corrected chi connectivity index (χ2v) is 7.67. The Morgan fingerprint density at radius 2 is 2.00 bits per heavy atom. The van der Waals surface area contributed by atoms with Gasteiger partial charge in [0.05, 0.1) is 12.2 Å². The zero-order valence-corrected chi connectivity index (χ0v) is 17.4. The smallest absolute Gasteiger partial charge is 0.194 e. The molecule has 1 aliphatic rings. The molecule has 0 amide bonds. The molecule has 2 unspecified atom stereocenters. The second-order valence-electron chi connectivity index (χ2n) is 7.67. The van der Waals surface area contributed by atoms with E-state index in [0.29, 0.717) is 18.4 Å². The Morgan fingerprint density at radius 3 is 2.59 bits per heavy atom. The quantitative estimate of drug-likeness (QED) is 0.663. The average molecular weight is 368 g/mol. The molecular weight excluding hydrogens is 334 g/mol. The summed E-state index contributed by atoms with van der Waals surface area (Å²) in [6.07, 6.45) is 1.17. The largest absolute Gasteiger partial charge is 0.357 e. The van der Waals surface area contributed by atoms with Crippen LogP contribution in [0.1, 0.15) is 48.7 Å². The lowest BCUT2D eigenvalue weighted by molar-refractivity contribution is 0.234. The highest BCUT2D eigenvalue weighted by molar-refractivity contribution is 5.80. The van der Waals surface area contributed by atoms with E-state index >= 15 is 0 Å². The maximum atomic E-state index is 4.95. The van der Waals surface area contributed by atoms with E-state index in [0.717, 1.165) is 31.3 Å². The van der Waals surface area contributed by atoms with Gasteiger partial charge in [-0.15, -0.1) is 0 Å². The number of nitrogens with one attached hydrogen (secondary N) is 1. The predicted molar refractivity (Wildman–Crippen MR) is 112 cm³/mol. The van der Waals surface area contributed by atoms with Crippen LogP contribution in [0.25, 0.3) is 0 Å². The van der Waals surface area contributed by atoms with E-state index in [9.17, 15) is 0 Å². The van der Waals surface area contributed by atoms with Crippen molar-refractivity contribution in [1.29, 1.82) is 0 Å². The summed E-state index contributed by atoms with van der Waals surface area (Å²) in [5.41, 5.74) is 4.97. The standard InChI is InChI=1S/C22H33N5/c1-6-23-22(24-14-21-17(3)25-26(5)18(21)4)27-13-12-20(16(2)15-27)19-10-8-7-9-11-19/h7-11,16,20H,6,12-15H2,1-5H3,(H,23,24). The third-order valence-electron chi connectivity index (χ3n) is 5.81. The van der Waals surface area contributed by atoms with E-state index in [-0.39, 0.29) is 0 Å². The molecule has 2 aromatic rings. The van der Waals surface area contributed by atoms with E-state index in [1.165, 1.54) is 23.2 Å². The monoisotopic (exact) mass is 367 g/mol. The molecule has 0 saturated carbocycles. The third-order valence-corrected chi connectivity index (χ3v) is 5.81. The van der Waals surface area contributed by atoms with Gasteiger partial charge in [-0.25, -0.2) is 4.99 Å². The van der Waals surface area contributed by atoms with Crippen LogP contribution in [0.3, 0.4) is 0 Å². The Kier molecular flexibility index (Phi) is 6.19. The summed E-state index contributed by atoms with van der Waals surface area (Å²) in [5, 5.41) is 8.01. The second kappa shape index (κ2) is 8.59. The van der Waals surface area contributed by atoms with Crippen molar-refractivity contribution in [3.8, 4) is 0 Å². The van der Waals surface area contributed by atoms with E-state index < -0.39 is 0 Å². The van der Waals surface area contributed by atoms with E-state index in [4.69, 9.17) is 4.99 Å². The molecule has 2 heterocycles. The van der Waals surface area contributed by atoms with Crippen LogP contribution < -0.4 is 5.32 Å². The van der Waals surface area contributed by atoms with Gasteiger partial charge >= 0.3 is 0 Å². The number of nitrogens with zero attached hydrogens (tertiary/aromatic N) is 4. The first-order valence-corrected chi connectivity index (χ1v) is 10.1. The van der Waals surface area contributed by atoms with Gasteiger partial charge in [0.1, 0.15) is 0 Å². The van der Waals surface area contributed by atoms with Crippen molar-refractivity contribution in [2.75, 3.05) is 19.6 Å². The van der Waals surface area contributed by atoms with Crippen LogP contribution >= 0.6 is 0 Å². The number of hydrogen-bond acceptors (Lipinski definition) is 2. The molecule has 0 radical (unpaired) electrons. The van der Waals surface area contributed by atoms with Crippen LogP contribution in [0.2, 0.25) is 0 Å². The van der Waals surface area contributed by atoms with Crippen LogP contribution in [0.15, 0.2) is 35.3 Å². The van der Waals surface area contributed by atoms with E-state index in [1.807, 2.05) is 11.7 Å². The van der Waals surface area contributed by atoms with Crippen molar-refractivity contribution in [3.05, 3.63) is 52.8 Å². The molecule has 0 spiro atoms. The van der Waals surface area contributed by atoms with Gasteiger partial charge in [-0.3, -0.25) is 4.68 Å². The maximum Gasteiger partial charge on any atom is 0.194 e. The molecule has 2 atom stereocenters. The topological polar surface area (TPSA) is 45.5 Å². The average Bonchev–Trinajstić information content (AvgIpc) is 2.91. The van der Waals surface area contributed by atoms with E-state index in [2.05, 4.69) is 73.3 Å². The first-order valence-electron chi connectivity index (χ1n) is 10.1. The van der Waals surface area contributed by atoms with Crippen molar-refractivity contribution < 1.29 is 0 Å². The van der Waals surface area contributed by atoms with Gasteiger partial charge in [-0.1, -0.05) is 37.3 Å². The first kappa shape index (κ1) is 19.5. The lowest BCUT2D eigenvalue weighted by Gasteiger charge is -2.39. The van der Waals surface area contributed by atoms with Crippen LogP contribution in [0.5, 0.6) is 0 Å². The molecule has 3 rings (SSSR count). The maximum absolute atomic E-state index is 4.95. The molecule has 5 heteroatoms. The number of rotatable bonds is 4. The summed E-state index contributed by atoms with van der Waals surface area (Å²) in [5.74, 6) is 2.26. The SMILES string of the molecule is CCNC(=NCc1c(C)nn(C)c1C)N1CCC(c2ccccc2)C(C)C1. The lowest BCUT2D eigenvalue weighted by atomic mass is 9.82. The Morgan fingerprint density at radius 1 is 1.26 bits per heavy atom. The molecule has 0 aliphatic carbocycles. The highest BCUT2D eigenvalue weighted by atomic mass is 15.3. The number of likely N-dealkylation sites (tertiary alicyclic amines) is 1. The van der Waals surface area contributed by atoms with Gasteiger partial charge in [0.2, 0.25) is 0 Å². The molecule has 27 heavy (non-hydrogen) atoms. The fraction of sp³-hybridized carbons (Fsp3) is 0.545. The summed E-state index contributed by atoms with van der Waals surface area (Å²) in [6, 6.07) is 10.9. The summed E-state index contributed by atoms with van der Waals surface area (Å²) < 4.78 is 1.94. The molecule has 146 valence electrons. The first-order chi connectivity index (χ1) is 13.0. The van der Waals surface area contributed by atoms with Crippen molar-refractivity contribution in [2.24, 2.45) is 18.0 Å². The minimum atomic E-state index is 0.604. The molecule has 1 aliphatic heterocycles. The van der Waals surface area contributed by atoms with Gasteiger partial charge in [0.25, 0.3) is 0 Å². The number of aryl methyl sites for hydroxylation is 2. The summed E-state index contributed by atoms with van der Waals surface area (Å²) in [6.45, 7) is 12.3. The number of aliphatic imine (C=N–C) groups is 1. The molecule has 1 fully saturated rings. The molecule has 1 aromatic carbocycles. The Bertz CT molecular complexity index is 778. The normalized spacial score (nSPS) is 20.8. The van der Waals surface area contributed by atoms with Gasteiger partial charge < -0.3 is 10.2 Å². The highest BCUT2D eigenvalue weighted by Gasteiger charge is 2.28. The lowest BCUT2D eigenvalue weighted by Crippen LogP contribution is -2.48. The molecule has 5 nitrogen and oxygen atoms in total. The van der Waals surface area contributed by atoms with Crippen molar-refractivity contribution in [1.82, 2.24) is 20.0 Å². The fourth-order valence-corrected chi connectivity index (χ4v) is 4.16. The van der Waals surface area contributed by atoms with Gasteiger partial charge in [-0.05, 0) is 44.6 Å². The van der Waals surface area contributed by atoms with Crippen LogP contribution in [-0.4, -0.2) is 40.3 Å². The van der Waals surface area contributed by atoms with Crippen molar-refractivity contribution in [3.63, 3.8) is 0 Å². The molecular formula is C22H33N5. The zero-order chi connectivity index (χ0) is 19.4. The minimum absolute atomic E-state index is 0.604. The van der Waals surface area contributed by atoms with Crippen molar-refractivity contribution >= 4 is 5.96 Å². The van der Waals surface area contributed by atoms with Gasteiger partial charge in [-0.2, -0.15) is 5.10 Å². The predicted octanol–water partition coefficient (Wildman–Crippen LogP) is 3.63. The van der Waals surface area contributed by atoms with Crippen molar-refractivity contribution in [2.45, 2.75) is 46.6 Å². The summed E-state index contributed by atoms with van der Waals surface area (Å²) >= 11 is 0. The molecule has 0 bridgehead atoms. The molecule has 1 N–H and O–H groups in total. The molecule has 1 saturated heterocycles. The number of guanidine groups is 1. The minimum Gasteiger partial charge on any atom is -0.357 e. The number of hydrogen-bond donors (Lipinski definition) is 1. The van der Waals surface area contributed by atoms with Crippen LogP contribution in [-0.2, 0) is 13.6 Å². The third kappa shape index (κ3) is 4.34. The highest BCUT2D eigenvalue weighted by Crippen LogP contribution is 2.32. The Balaban J connectivity index is 1.72. The number of aromatic nitrogens is 2. The Hall–Kier alpha value is -2.30. The van der Waals surface area contributed by atoms with Crippen LogP contribution in [0, 0.1) is 19.8 Å². The van der Waals surface area contributed by atoms with E-state index in [1.54, 1.807) is 0 Å². The van der Waals surface area contributed by atoms with Crippen LogP contribution in [0.4, 0.5) is 0 Å². The summed E-state index contributed by atoms with van der Waals surface area (Å²) in [7, 11) is 2.00.